The van der Waals surface area contributed by atoms with Crippen LogP contribution in [0.5, 0.6) is 0 Å². The van der Waals surface area contributed by atoms with Crippen molar-refractivity contribution in [3.8, 4) is 0 Å². The number of nitro benzene ring substituents is 1. The second-order valence-electron chi connectivity index (χ2n) is 7.84. The molecule has 0 atom stereocenters. The van der Waals surface area contributed by atoms with Gasteiger partial charge in [-0.15, -0.1) is 0 Å². The van der Waals surface area contributed by atoms with Crippen molar-refractivity contribution in [2.45, 2.75) is 6.18 Å². The Morgan fingerprint density at radius 3 is 2.57 bits per heavy atom. The zero-order chi connectivity index (χ0) is 24.9. The molecule has 1 amide bonds. The van der Waals surface area contributed by atoms with Crippen molar-refractivity contribution in [3.05, 3.63) is 68.1 Å². The van der Waals surface area contributed by atoms with Gasteiger partial charge in [0.1, 0.15) is 4.70 Å². The van der Waals surface area contributed by atoms with Crippen LogP contribution in [0.3, 0.4) is 0 Å². The van der Waals surface area contributed by atoms with E-state index in [1.165, 1.54) is 0 Å². The summed E-state index contributed by atoms with van der Waals surface area (Å²) in [4.78, 5) is 43.4. The van der Waals surface area contributed by atoms with Crippen molar-refractivity contribution in [2.24, 2.45) is 0 Å². The summed E-state index contributed by atoms with van der Waals surface area (Å²) >= 11 is 0.781. The summed E-state index contributed by atoms with van der Waals surface area (Å²) in [5.41, 5.74) is -1.84. The van der Waals surface area contributed by atoms with Gasteiger partial charge in [0.15, 0.2) is 5.13 Å². The molecule has 2 aromatic heterocycles. The Hall–Kier alpha value is -4.07. The molecule has 0 spiro atoms. The molecule has 1 aliphatic rings. The molecule has 35 heavy (non-hydrogen) atoms. The average Bonchev–Trinajstić information content (AvgIpc) is 3.31. The highest BCUT2D eigenvalue weighted by atomic mass is 32.1. The Kier molecular flexibility index (Phi) is 5.39. The van der Waals surface area contributed by atoms with E-state index >= 15 is 0 Å². The number of carbonyl (C=O) groups excluding carboxylic acids is 1. The molecule has 0 unspecified atom stereocenters. The van der Waals surface area contributed by atoms with Crippen LogP contribution in [0.25, 0.3) is 21.0 Å². The van der Waals surface area contributed by atoms with Gasteiger partial charge in [-0.3, -0.25) is 24.8 Å². The monoisotopic (exact) mass is 504 g/mol. The van der Waals surface area contributed by atoms with Gasteiger partial charge in [0.25, 0.3) is 17.2 Å². The van der Waals surface area contributed by atoms with Crippen molar-refractivity contribution >= 4 is 49.1 Å². The van der Waals surface area contributed by atoms with Gasteiger partial charge in [0.05, 0.1) is 33.1 Å². The number of H-pyrrole nitrogens is 1. The highest BCUT2D eigenvalue weighted by Gasteiger charge is 2.34. The van der Waals surface area contributed by atoms with E-state index in [9.17, 15) is 32.9 Å². The summed E-state index contributed by atoms with van der Waals surface area (Å²) in [6.07, 6.45) is -3.27. The summed E-state index contributed by atoms with van der Waals surface area (Å²) in [6.45, 7) is 1.16. The third kappa shape index (κ3) is 4.05. The van der Waals surface area contributed by atoms with Crippen LogP contribution in [-0.4, -0.2) is 57.1 Å². The number of non-ortho nitro benzene ring substituents is 1. The number of benzene rings is 2. The predicted molar refractivity (Wildman–Crippen MR) is 122 cm³/mol. The summed E-state index contributed by atoms with van der Waals surface area (Å²) < 4.78 is 39.3. The van der Waals surface area contributed by atoms with E-state index in [-0.39, 0.29) is 28.8 Å². The van der Waals surface area contributed by atoms with Gasteiger partial charge in [-0.05, 0) is 18.2 Å². The number of carbonyl (C=O) groups is 1. The highest BCUT2D eigenvalue weighted by Crippen LogP contribution is 2.38. The molecule has 10 nitrogen and oxygen atoms in total. The quantitative estimate of drug-likeness (QED) is 0.335. The topological polar surface area (TPSA) is 125 Å². The molecule has 0 aliphatic carbocycles. The summed E-state index contributed by atoms with van der Waals surface area (Å²) in [7, 11) is 0. The van der Waals surface area contributed by atoms with Gasteiger partial charge in [0, 0.05) is 37.6 Å². The molecule has 14 heteroatoms. The van der Waals surface area contributed by atoms with Crippen LogP contribution in [0.15, 0.2) is 41.3 Å². The lowest BCUT2D eigenvalue weighted by atomic mass is 10.1. The first-order valence-electron chi connectivity index (χ1n) is 10.3. The number of nitro groups is 1. The van der Waals surface area contributed by atoms with E-state index in [0.29, 0.717) is 36.2 Å². The molecule has 1 aliphatic heterocycles. The first-order valence-corrected chi connectivity index (χ1v) is 11.1. The third-order valence-electron chi connectivity index (χ3n) is 5.77. The Bertz CT molecular complexity index is 1540. The molecule has 0 saturated carbocycles. The predicted octanol–water partition coefficient (Wildman–Crippen LogP) is 3.42. The molecule has 4 aromatic rings. The molecular formula is C21H15F3N6O4S. The van der Waals surface area contributed by atoms with Gasteiger partial charge in [-0.1, -0.05) is 17.4 Å². The molecule has 1 N–H and O–H groups in total. The Morgan fingerprint density at radius 1 is 1.14 bits per heavy atom. The minimum absolute atomic E-state index is 0.148. The number of anilines is 1. The van der Waals surface area contributed by atoms with Crippen LogP contribution in [0, 0.1) is 10.1 Å². The van der Waals surface area contributed by atoms with Crippen LogP contribution in [0.4, 0.5) is 24.0 Å². The number of piperazine rings is 1. The van der Waals surface area contributed by atoms with Gasteiger partial charge in [-0.25, -0.2) is 0 Å². The molecule has 1 fully saturated rings. The molecular weight excluding hydrogens is 489 g/mol. The normalized spacial score (nSPS) is 14.6. The Labute approximate surface area is 197 Å². The average molecular weight is 504 g/mol. The second-order valence-corrected chi connectivity index (χ2v) is 8.82. The lowest BCUT2D eigenvalue weighted by Gasteiger charge is -2.35. The Morgan fingerprint density at radius 2 is 1.89 bits per heavy atom. The zero-order valence-electron chi connectivity index (χ0n) is 17.7. The minimum atomic E-state index is -4.85. The Balaban J connectivity index is 1.42. The maximum Gasteiger partial charge on any atom is 0.416 e. The highest BCUT2D eigenvalue weighted by molar-refractivity contribution is 7.22. The molecule has 0 radical (unpaired) electrons. The number of halogens is 3. The lowest BCUT2D eigenvalue weighted by molar-refractivity contribution is -0.383. The first-order chi connectivity index (χ1) is 16.6. The molecule has 180 valence electrons. The van der Waals surface area contributed by atoms with E-state index in [1.807, 2.05) is 0 Å². The van der Waals surface area contributed by atoms with E-state index in [1.54, 1.807) is 34.2 Å². The van der Waals surface area contributed by atoms with Crippen LogP contribution in [-0.2, 0) is 6.18 Å². The lowest BCUT2D eigenvalue weighted by Crippen LogP contribution is -2.49. The van der Waals surface area contributed by atoms with Crippen molar-refractivity contribution in [3.63, 3.8) is 0 Å². The third-order valence-corrected chi connectivity index (χ3v) is 6.93. The number of hydrogen-bond donors (Lipinski definition) is 1. The SMILES string of the molecule is O=C(c1cccc2[nH]ncc12)N1CCN(c2nc(=O)c3cc(C(F)(F)F)cc([N+](=O)[O-])c3s2)CC1. The number of alkyl halides is 3. The molecule has 3 heterocycles. The fourth-order valence-electron chi connectivity index (χ4n) is 4.00. The van der Waals surface area contributed by atoms with Crippen LogP contribution < -0.4 is 10.5 Å². The minimum Gasteiger partial charge on any atom is -0.344 e. The summed E-state index contributed by atoms with van der Waals surface area (Å²) in [5, 5.41) is 18.6. The van der Waals surface area contributed by atoms with E-state index in [0.717, 1.165) is 16.9 Å². The number of hydrogen-bond acceptors (Lipinski definition) is 8. The molecule has 0 bridgehead atoms. The van der Waals surface area contributed by atoms with Crippen molar-refractivity contribution in [1.82, 2.24) is 20.1 Å². The maximum atomic E-state index is 13.2. The van der Waals surface area contributed by atoms with E-state index in [2.05, 4.69) is 15.2 Å². The van der Waals surface area contributed by atoms with E-state index in [4.69, 9.17) is 0 Å². The van der Waals surface area contributed by atoms with Gasteiger partial charge >= 0.3 is 6.18 Å². The summed E-state index contributed by atoms with van der Waals surface area (Å²) in [5.74, 6) is -0.188. The molecule has 5 rings (SSSR count). The maximum absolute atomic E-state index is 13.2. The van der Waals surface area contributed by atoms with Gasteiger partial charge in [-0.2, -0.15) is 23.3 Å². The van der Waals surface area contributed by atoms with E-state index < -0.39 is 33.3 Å². The van der Waals surface area contributed by atoms with Gasteiger partial charge < -0.3 is 9.80 Å². The van der Waals surface area contributed by atoms with Gasteiger partial charge in [0.2, 0.25) is 0 Å². The fraction of sp³-hybridized carbons (Fsp3) is 0.238. The number of aromatic nitrogens is 3. The second kappa shape index (κ2) is 8.30. The first kappa shape index (κ1) is 22.7. The largest absolute Gasteiger partial charge is 0.416 e. The fourth-order valence-corrected chi connectivity index (χ4v) is 5.12. The van der Waals surface area contributed by atoms with Crippen molar-refractivity contribution < 1.29 is 22.9 Å². The van der Waals surface area contributed by atoms with Crippen LogP contribution in [0.2, 0.25) is 0 Å². The molecule has 1 saturated heterocycles. The summed E-state index contributed by atoms with van der Waals surface area (Å²) in [6, 6.07) is 6.27. The standard InChI is InChI=1S/C21H15F3N6O4S/c22-21(23,24)11-8-13-17(16(9-11)30(33)34)35-20(26-18(13)31)29-6-4-28(5-7-29)19(32)12-2-1-3-15-14(12)10-25-27-15/h1-3,8-10H,4-7H2,(H,25,27). The number of nitrogens with zero attached hydrogens (tertiary/aromatic N) is 5. The number of rotatable bonds is 3. The number of aromatic amines is 1. The number of nitrogens with one attached hydrogen (secondary N) is 1. The van der Waals surface area contributed by atoms with Crippen LogP contribution >= 0.6 is 11.3 Å². The zero-order valence-corrected chi connectivity index (χ0v) is 18.5. The van der Waals surface area contributed by atoms with Crippen molar-refractivity contribution in [1.29, 1.82) is 0 Å². The smallest absolute Gasteiger partial charge is 0.344 e. The molecule has 2 aromatic carbocycles. The number of amides is 1. The van der Waals surface area contributed by atoms with Crippen molar-refractivity contribution in [2.75, 3.05) is 31.1 Å². The number of fused-ring (bicyclic) bond motifs is 2. The van der Waals surface area contributed by atoms with Crippen LogP contribution in [0.1, 0.15) is 15.9 Å².